The van der Waals surface area contributed by atoms with E-state index < -0.39 is 5.91 Å². The highest BCUT2D eigenvalue weighted by atomic mass is 16.2. The fourth-order valence-corrected chi connectivity index (χ4v) is 4.34. The van der Waals surface area contributed by atoms with Crippen LogP contribution in [0.1, 0.15) is 23.6 Å². The van der Waals surface area contributed by atoms with E-state index in [2.05, 4.69) is 36.9 Å². The molecule has 0 saturated carbocycles. The summed E-state index contributed by atoms with van der Waals surface area (Å²) in [4.78, 5) is 31.6. The van der Waals surface area contributed by atoms with Crippen molar-refractivity contribution in [3.05, 3.63) is 59.2 Å². The number of aryl methyl sites for hydroxylation is 1. The maximum absolute atomic E-state index is 13.0. The molecule has 146 valence electrons. The molecule has 1 unspecified atom stereocenters. The van der Waals surface area contributed by atoms with Crippen molar-refractivity contribution in [1.82, 2.24) is 4.90 Å². The highest BCUT2D eigenvalue weighted by Gasteiger charge is 2.37. The third-order valence-electron chi connectivity index (χ3n) is 6.09. The van der Waals surface area contributed by atoms with Crippen LogP contribution in [0, 0.1) is 13.8 Å². The number of amides is 2. The molecule has 0 aliphatic carbocycles. The van der Waals surface area contributed by atoms with Crippen molar-refractivity contribution < 1.29 is 9.59 Å². The summed E-state index contributed by atoms with van der Waals surface area (Å²) < 4.78 is 0. The van der Waals surface area contributed by atoms with Gasteiger partial charge in [0.25, 0.3) is 0 Å². The summed E-state index contributed by atoms with van der Waals surface area (Å²) in [5.74, 6) is -0.790. The maximum Gasteiger partial charge on any atom is 0.316 e. The van der Waals surface area contributed by atoms with Gasteiger partial charge in [-0.1, -0.05) is 30.3 Å². The van der Waals surface area contributed by atoms with Crippen LogP contribution in [-0.2, 0) is 16.0 Å². The summed E-state index contributed by atoms with van der Waals surface area (Å²) in [6.45, 7) is 8.89. The Labute approximate surface area is 166 Å². The number of piperazine rings is 1. The average molecular weight is 377 g/mol. The van der Waals surface area contributed by atoms with E-state index in [1.807, 2.05) is 31.2 Å². The minimum Gasteiger partial charge on any atom is -0.368 e. The summed E-state index contributed by atoms with van der Waals surface area (Å²) in [5.41, 5.74) is 5.78. The van der Waals surface area contributed by atoms with E-state index in [4.69, 9.17) is 0 Å². The highest BCUT2D eigenvalue weighted by Crippen LogP contribution is 2.32. The summed E-state index contributed by atoms with van der Waals surface area (Å²) >= 11 is 0. The number of anilines is 2. The zero-order chi connectivity index (χ0) is 19.8. The normalized spacial score (nSPS) is 19.0. The number of rotatable bonds is 1. The van der Waals surface area contributed by atoms with Crippen LogP contribution in [0.25, 0.3) is 0 Å². The van der Waals surface area contributed by atoms with Crippen molar-refractivity contribution in [2.24, 2.45) is 0 Å². The fraction of sp³-hybridized carbons (Fsp3) is 0.391. The van der Waals surface area contributed by atoms with Gasteiger partial charge in [0.2, 0.25) is 0 Å². The van der Waals surface area contributed by atoms with Gasteiger partial charge in [-0.3, -0.25) is 9.59 Å². The van der Waals surface area contributed by atoms with E-state index in [9.17, 15) is 9.59 Å². The second-order valence-electron chi connectivity index (χ2n) is 7.86. The average Bonchev–Trinajstić information content (AvgIpc) is 3.05. The monoisotopic (exact) mass is 377 g/mol. The van der Waals surface area contributed by atoms with Crippen LogP contribution < -0.4 is 9.80 Å². The third-order valence-corrected chi connectivity index (χ3v) is 6.09. The molecule has 0 bridgehead atoms. The lowest BCUT2D eigenvalue weighted by molar-refractivity contribution is -0.144. The lowest BCUT2D eigenvalue weighted by Gasteiger charge is -2.37. The van der Waals surface area contributed by atoms with E-state index in [-0.39, 0.29) is 11.9 Å². The number of hydrogen-bond donors (Lipinski definition) is 0. The molecular weight excluding hydrogens is 350 g/mol. The second kappa shape index (κ2) is 7.30. The molecule has 2 aliphatic heterocycles. The van der Waals surface area contributed by atoms with Gasteiger partial charge >= 0.3 is 11.8 Å². The molecular formula is C23H27N3O2. The minimum atomic E-state index is -0.405. The van der Waals surface area contributed by atoms with Gasteiger partial charge in [0.1, 0.15) is 0 Å². The van der Waals surface area contributed by atoms with Gasteiger partial charge < -0.3 is 14.7 Å². The zero-order valence-corrected chi connectivity index (χ0v) is 16.8. The number of fused-ring (bicyclic) bond motifs is 1. The molecule has 0 radical (unpaired) electrons. The number of benzene rings is 2. The van der Waals surface area contributed by atoms with Crippen molar-refractivity contribution in [2.45, 2.75) is 33.2 Å². The molecule has 2 aliphatic rings. The Bertz CT molecular complexity index is 916. The quantitative estimate of drug-likeness (QED) is 0.718. The van der Waals surface area contributed by atoms with Crippen LogP contribution in [0.2, 0.25) is 0 Å². The lowest BCUT2D eigenvalue weighted by Crippen LogP contribution is -2.54. The first-order valence-corrected chi connectivity index (χ1v) is 9.99. The second-order valence-corrected chi connectivity index (χ2v) is 7.86. The van der Waals surface area contributed by atoms with Crippen LogP contribution in [0.15, 0.2) is 42.5 Å². The molecule has 2 amide bonds. The largest absolute Gasteiger partial charge is 0.368 e. The molecule has 0 N–H and O–H groups in total. The predicted molar refractivity (Wildman–Crippen MR) is 112 cm³/mol. The van der Waals surface area contributed by atoms with Crippen molar-refractivity contribution in [2.75, 3.05) is 36.0 Å². The molecule has 2 aromatic carbocycles. The van der Waals surface area contributed by atoms with Crippen molar-refractivity contribution in [3.63, 3.8) is 0 Å². The standard InChI is InChI=1S/C23H27N3O2/c1-16-7-6-10-20(18(16)3)24-11-13-25(14-12-24)22(27)23(28)26-17(2)15-19-8-4-5-9-21(19)26/h4-10,17H,11-15H2,1-3H3. The molecule has 5 nitrogen and oxygen atoms in total. The first-order chi connectivity index (χ1) is 13.5. The Morgan fingerprint density at radius 1 is 0.857 bits per heavy atom. The van der Waals surface area contributed by atoms with Crippen molar-refractivity contribution in [3.8, 4) is 0 Å². The molecule has 0 aromatic heterocycles. The van der Waals surface area contributed by atoms with Crippen molar-refractivity contribution in [1.29, 1.82) is 0 Å². The van der Waals surface area contributed by atoms with Crippen LogP contribution >= 0.6 is 0 Å². The van der Waals surface area contributed by atoms with E-state index in [1.165, 1.54) is 16.8 Å². The van der Waals surface area contributed by atoms with Gasteiger partial charge in [-0.05, 0) is 56.0 Å². The van der Waals surface area contributed by atoms with Gasteiger partial charge in [-0.2, -0.15) is 0 Å². The van der Waals surface area contributed by atoms with Crippen molar-refractivity contribution >= 4 is 23.2 Å². The van der Waals surface area contributed by atoms with Gasteiger partial charge in [0.05, 0.1) is 0 Å². The van der Waals surface area contributed by atoms with E-state index in [0.717, 1.165) is 30.8 Å². The Morgan fingerprint density at radius 2 is 1.54 bits per heavy atom. The highest BCUT2D eigenvalue weighted by molar-refractivity contribution is 6.40. The van der Waals surface area contributed by atoms with Crippen LogP contribution in [0.4, 0.5) is 11.4 Å². The molecule has 2 heterocycles. The molecule has 2 aromatic rings. The fourth-order valence-electron chi connectivity index (χ4n) is 4.34. The minimum absolute atomic E-state index is 0.0186. The topological polar surface area (TPSA) is 43.9 Å². The van der Waals surface area contributed by atoms with Gasteiger partial charge in [-0.25, -0.2) is 0 Å². The predicted octanol–water partition coefficient (Wildman–Crippen LogP) is 2.93. The Kier molecular flexibility index (Phi) is 4.84. The summed E-state index contributed by atoms with van der Waals surface area (Å²) in [6.07, 6.45) is 0.801. The third kappa shape index (κ3) is 3.15. The molecule has 1 saturated heterocycles. The number of carbonyl (C=O) groups is 2. The van der Waals surface area contributed by atoms with E-state index in [0.29, 0.717) is 13.1 Å². The first kappa shape index (κ1) is 18.5. The lowest BCUT2D eigenvalue weighted by atomic mass is 10.1. The SMILES string of the molecule is Cc1cccc(N2CCN(C(=O)C(=O)N3c4ccccc4CC3C)CC2)c1C. The maximum atomic E-state index is 13.0. The Morgan fingerprint density at radius 3 is 2.29 bits per heavy atom. The first-order valence-electron chi connectivity index (χ1n) is 9.99. The van der Waals surface area contributed by atoms with E-state index in [1.54, 1.807) is 9.80 Å². The smallest absolute Gasteiger partial charge is 0.316 e. The van der Waals surface area contributed by atoms with E-state index >= 15 is 0 Å². The number of carbonyl (C=O) groups excluding carboxylic acids is 2. The molecule has 1 atom stereocenters. The number of nitrogens with zero attached hydrogens (tertiary/aromatic N) is 3. The summed E-state index contributed by atoms with van der Waals surface area (Å²) in [7, 11) is 0. The Hall–Kier alpha value is -2.82. The van der Waals surface area contributed by atoms with Gasteiger partial charge in [0.15, 0.2) is 0 Å². The summed E-state index contributed by atoms with van der Waals surface area (Å²) in [5, 5.41) is 0. The van der Waals surface area contributed by atoms with Crippen LogP contribution in [0.3, 0.4) is 0 Å². The summed E-state index contributed by atoms with van der Waals surface area (Å²) in [6, 6.07) is 14.2. The van der Waals surface area contributed by atoms with Crippen LogP contribution in [0.5, 0.6) is 0 Å². The molecule has 5 heteroatoms. The zero-order valence-electron chi connectivity index (χ0n) is 16.8. The number of para-hydroxylation sites is 1. The Balaban J connectivity index is 1.44. The van der Waals surface area contributed by atoms with Gasteiger partial charge in [-0.15, -0.1) is 0 Å². The molecule has 28 heavy (non-hydrogen) atoms. The molecule has 0 spiro atoms. The molecule has 1 fully saturated rings. The van der Waals surface area contributed by atoms with Crippen LogP contribution in [-0.4, -0.2) is 48.9 Å². The molecule has 4 rings (SSSR count). The van der Waals surface area contributed by atoms with Gasteiger partial charge in [0, 0.05) is 43.6 Å². The number of hydrogen-bond acceptors (Lipinski definition) is 3.